The van der Waals surface area contributed by atoms with Crippen LogP contribution in [0.1, 0.15) is 17.0 Å². The van der Waals surface area contributed by atoms with Crippen molar-refractivity contribution in [1.82, 2.24) is 9.97 Å². The van der Waals surface area contributed by atoms with Crippen LogP contribution in [0.25, 0.3) is 0 Å². The van der Waals surface area contributed by atoms with E-state index >= 15 is 0 Å². The molecule has 94 valence electrons. The lowest BCUT2D eigenvalue weighted by atomic mass is 10.1. The van der Waals surface area contributed by atoms with Crippen LogP contribution < -0.4 is 5.73 Å². The van der Waals surface area contributed by atoms with Crippen LogP contribution in [0, 0.1) is 0 Å². The quantitative estimate of drug-likeness (QED) is 0.731. The van der Waals surface area contributed by atoms with Crippen molar-refractivity contribution in [1.29, 1.82) is 0 Å². The molecule has 1 atom stereocenters. The van der Waals surface area contributed by atoms with E-state index in [9.17, 15) is 4.79 Å². The average molecular weight is 245 g/mol. The van der Waals surface area contributed by atoms with Gasteiger partial charge in [-0.1, -0.05) is 30.3 Å². The second kappa shape index (κ2) is 5.46. The van der Waals surface area contributed by atoms with Gasteiger partial charge in [0.25, 0.3) is 0 Å². The molecule has 2 aromatic rings. The Morgan fingerprint density at radius 2 is 2.11 bits per heavy atom. The van der Waals surface area contributed by atoms with Gasteiger partial charge < -0.3 is 15.8 Å². The van der Waals surface area contributed by atoms with Crippen LogP contribution in [0.3, 0.4) is 0 Å². The molecule has 0 fully saturated rings. The first-order chi connectivity index (χ1) is 8.66. The number of rotatable bonds is 5. The zero-order valence-corrected chi connectivity index (χ0v) is 9.84. The first kappa shape index (κ1) is 12.3. The summed E-state index contributed by atoms with van der Waals surface area (Å²) in [6, 6.07) is 9.01. The number of aliphatic carboxylic acids is 1. The normalized spacial score (nSPS) is 12.3. The van der Waals surface area contributed by atoms with Gasteiger partial charge in [0.05, 0.1) is 12.0 Å². The molecule has 0 aliphatic carbocycles. The third-order valence-corrected chi connectivity index (χ3v) is 2.76. The summed E-state index contributed by atoms with van der Waals surface area (Å²) in [5, 5.41) is 8.80. The summed E-state index contributed by atoms with van der Waals surface area (Å²) in [5.41, 5.74) is 8.29. The van der Waals surface area contributed by atoms with Gasteiger partial charge in [-0.3, -0.25) is 4.79 Å². The molecule has 0 unspecified atom stereocenters. The van der Waals surface area contributed by atoms with E-state index in [2.05, 4.69) is 9.97 Å². The lowest BCUT2D eigenvalue weighted by Crippen LogP contribution is -2.32. The molecule has 0 saturated carbocycles. The highest BCUT2D eigenvalue weighted by atomic mass is 16.4. The number of aromatic amines is 1. The maximum Gasteiger partial charge on any atom is 0.320 e. The minimum absolute atomic E-state index is 0.237. The highest BCUT2D eigenvalue weighted by molar-refractivity contribution is 5.73. The first-order valence-electron chi connectivity index (χ1n) is 5.70. The Kier molecular flexibility index (Phi) is 3.74. The number of nitrogens with two attached hydrogens (primary N) is 1. The minimum Gasteiger partial charge on any atom is -0.480 e. The van der Waals surface area contributed by atoms with Gasteiger partial charge in [0.15, 0.2) is 0 Å². The second-order valence-electron chi connectivity index (χ2n) is 4.14. The van der Waals surface area contributed by atoms with Crippen molar-refractivity contribution in [3.05, 3.63) is 53.6 Å². The van der Waals surface area contributed by atoms with Gasteiger partial charge in [-0.25, -0.2) is 4.98 Å². The van der Waals surface area contributed by atoms with Gasteiger partial charge >= 0.3 is 5.97 Å². The number of nitrogens with one attached hydrogen (secondary N) is 1. The topological polar surface area (TPSA) is 92.0 Å². The third-order valence-electron chi connectivity index (χ3n) is 2.76. The molecule has 5 nitrogen and oxygen atoms in total. The van der Waals surface area contributed by atoms with E-state index in [4.69, 9.17) is 10.8 Å². The predicted molar refractivity (Wildman–Crippen MR) is 67.2 cm³/mol. The Balaban J connectivity index is 2.11. The smallest absolute Gasteiger partial charge is 0.320 e. The molecule has 0 radical (unpaired) electrons. The van der Waals surface area contributed by atoms with Crippen molar-refractivity contribution in [3.63, 3.8) is 0 Å². The lowest BCUT2D eigenvalue weighted by molar-refractivity contribution is -0.138. The van der Waals surface area contributed by atoms with Crippen molar-refractivity contribution in [2.75, 3.05) is 0 Å². The molecule has 0 aliphatic heterocycles. The third kappa shape index (κ3) is 2.95. The number of aromatic nitrogens is 2. The molecule has 0 saturated heterocycles. The molecular weight excluding hydrogens is 230 g/mol. The molecule has 0 spiro atoms. The number of nitrogens with zero attached hydrogens (tertiary/aromatic N) is 1. The molecule has 1 aromatic heterocycles. The van der Waals surface area contributed by atoms with Gasteiger partial charge in [0.2, 0.25) is 0 Å². The van der Waals surface area contributed by atoms with E-state index < -0.39 is 12.0 Å². The van der Waals surface area contributed by atoms with Gasteiger partial charge in [-0.2, -0.15) is 0 Å². The van der Waals surface area contributed by atoms with Crippen molar-refractivity contribution >= 4 is 5.97 Å². The lowest BCUT2D eigenvalue weighted by Gasteiger charge is -2.06. The molecule has 0 bridgehead atoms. The predicted octanol–water partition coefficient (Wildman–Crippen LogP) is 0.955. The Morgan fingerprint density at radius 1 is 1.39 bits per heavy atom. The average Bonchev–Trinajstić information content (AvgIpc) is 2.78. The van der Waals surface area contributed by atoms with Crippen LogP contribution in [0.2, 0.25) is 0 Å². The van der Waals surface area contributed by atoms with Crippen LogP contribution in [-0.4, -0.2) is 27.1 Å². The van der Waals surface area contributed by atoms with E-state index in [1.807, 2.05) is 30.3 Å². The summed E-state index contributed by atoms with van der Waals surface area (Å²) >= 11 is 0. The number of hydrogen-bond donors (Lipinski definition) is 3. The van der Waals surface area contributed by atoms with Crippen molar-refractivity contribution in [2.24, 2.45) is 5.73 Å². The fourth-order valence-corrected chi connectivity index (χ4v) is 1.77. The maximum absolute atomic E-state index is 10.7. The summed E-state index contributed by atoms with van der Waals surface area (Å²) < 4.78 is 0. The summed E-state index contributed by atoms with van der Waals surface area (Å²) in [7, 11) is 0. The SMILES string of the molecule is N[C@@H](Cc1nc[nH]c1Cc1ccccc1)C(=O)O. The Labute approximate surface area is 105 Å². The van der Waals surface area contributed by atoms with Crippen LogP contribution in [0.4, 0.5) is 0 Å². The minimum atomic E-state index is -1.01. The standard InChI is InChI=1S/C13H15N3O2/c14-10(13(17)18)7-12-11(15-8-16-12)6-9-4-2-1-3-5-9/h1-5,8,10H,6-7,14H2,(H,15,16)(H,17,18)/t10-/m0/s1. The Bertz CT molecular complexity index is 522. The van der Waals surface area contributed by atoms with Gasteiger partial charge in [0.1, 0.15) is 6.04 Å². The number of carbonyl (C=O) groups is 1. The summed E-state index contributed by atoms with van der Waals surface area (Å²) in [6.45, 7) is 0. The van der Waals surface area contributed by atoms with Crippen LogP contribution >= 0.6 is 0 Å². The highest BCUT2D eigenvalue weighted by Crippen LogP contribution is 2.12. The van der Waals surface area contributed by atoms with Crippen LogP contribution in [0.5, 0.6) is 0 Å². The molecule has 0 aliphatic rings. The Hall–Kier alpha value is -2.14. The fourth-order valence-electron chi connectivity index (χ4n) is 1.77. The summed E-state index contributed by atoms with van der Waals surface area (Å²) in [4.78, 5) is 17.9. The summed E-state index contributed by atoms with van der Waals surface area (Å²) in [6.07, 6.45) is 2.51. The van der Waals surface area contributed by atoms with E-state index in [-0.39, 0.29) is 6.42 Å². The first-order valence-corrected chi connectivity index (χ1v) is 5.70. The number of hydrogen-bond acceptors (Lipinski definition) is 3. The van der Waals surface area contributed by atoms with E-state index in [1.54, 1.807) is 6.33 Å². The Morgan fingerprint density at radius 3 is 2.78 bits per heavy atom. The van der Waals surface area contributed by atoms with Crippen LogP contribution in [-0.2, 0) is 17.6 Å². The van der Waals surface area contributed by atoms with E-state index in [1.165, 1.54) is 0 Å². The second-order valence-corrected chi connectivity index (χ2v) is 4.14. The molecular formula is C13H15N3O2. The van der Waals surface area contributed by atoms with Crippen molar-refractivity contribution in [3.8, 4) is 0 Å². The number of carboxylic acids is 1. The van der Waals surface area contributed by atoms with E-state index in [0.29, 0.717) is 12.1 Å². The monoisotopic (exact) mass is 245 g/mol. The van der Waals surface area contributed by atoms with Crippen molar-refractivity contribution in [2.45, 2.75) is 18.9 Å². The number of H-pyrrole nitrogens is 1. The maximum atomic E-state index is 10.7. The molecule has 1 aromatic carbocycles. The molecule has 1 heterocycles. The zero-order chi connectivity index (χ0) is 13.0. The van der Waals surface area contributed by atoms with Gasteiger partial charge in [0, 0.05) is 18.5 Å². The van der Waals surface area contributed by atoms with Crippen molar-refractivity contribution < 1.29 is 9.90 Å². The number of imidazole rings is 1. The van der Waals surface area contributed by atoms with Gasteiger partial charge in [-0.05, 0) is 5.56 Å². The fraction of sp³-hybridized carbons (Fsp3) is 0.231. The summed E-state index contributed by atoms with van der Waals surface area (Å²) in [5.74, 6) is -1.01. The number of benzene rings is 1. The van der Waals surface area contributed by atoms with Gasteiger partial charge in [-0.15, -0.1) is 0 Å². The molecule has 0 amide bonds. The largest absolute Gasteiger partial charge is 0.480 e. The van der Waals surface area contributed by atoms with Crippen LogP contribution in [0.15, 0.2) is 36.7 Å². The zero-order valence-electron chi connectivity index (χ0n) is 9.84. The van der Waals surface area contributed by atoms with E-state index in [0.717, 1.165) is 11.3 Å². The molecule has 5 heteroatoms. The number of carboxylic acid groups (broad SMARTS) is 1. The molecule has 2 rings (SSSR count). The highest BCUT2D eigenvalue weighted by Gasteiger charge is 2.16. The molecule has 4 N–H and O–H groups in total. The molecule has 18 heavy (non-hydrogen) atoms.